The number of likely N-dealkylation sites (tertiary alicyclic amines) is 1. The summed E-state index contributed by atoms with van der Waals surface area (Å²) in [5.41, 5.74) is 1.83. The number of amides is 1. The van der Waals surface area contributed by atoms with Crippen molar-refractivity contribution in [2.45, 2.75) is 25.4 Å². The van der Waals surface area contributed by atoms with Crippen molar-refractivity contribution in [2.75, 3.05) is 20.2 Å². The highest BCUT2D eigenvalue weighted by molar-refractivity contribution is 7.21. The van der Waals surface area contributed by atoms with E-state index in [1.54, 1.807) is 29.5 Å². The van der Waals surface area contributed by atoms with Crippen LogP contribution in [0.5, 0.6) is 5.75 Å². The molecule has 1 fully saturated rings. The number of furan rings is 1. The predicted molar refractivity (Wildman–Crippen MR) is 126 cm³/mol. The van der Waals surface area contributed by atoms with Crippen molar-refractivity contribution < 1.29 is 18.3 Å². The summed E-state index contributed by atoms with van der Waals surface area (Å²) in [6, 6.07) is 16.5. The van der Waals surface area contributed by atoms with E-state index in [0.29, 0.717) is 18.1 Å². The van der Waals surface area contributed by atoms with Gasteiger partial charge in [0.2, 0.25) is 0 Å². The van der Waals surface area contributed by atoms with E-state index in [1.165, 1.54) is 13.2 Å². The van der Waals surface area contributed by atoms with Crippen molar-refractivity contribution in [3.05, 3.63) is 71.7 Å². The molecule has 0 radical (unpaired) electrons. The van der Waals surface area contributed by atoms with Gasteiger partial charge in [-0.25, -0.2) is 9.37 Å². The minimum Gasteiger partial charge on any atom is -0.494 e. The number of benzene rings is 2. The zero-order chi connectivity index (χ0) is 22.8. The zero-order valence-corrected chi connectivity index (χ0v) is 19.0. The second kappa shape index (κ2) is 9.33. The number of ether oxygens (including phenoxy) is 1. The van der Waals surface area contributed by atoms with E-state index in [9.17, 15) is 9.18 Å². The first-order chi connectivity index (χ1) is 16.1. The SMILES string of the molecule is COc1ccc(CN2CCC(NC(=O)c3ccc(-c4nc5ccccc5s4)o3)CC2)cc1F. The Hall–Kier alpha value is -3.23. The van der Waals surface area contributed by atoms with Gasteiger partial charge in [-0.2, -0.15) is 0 Å². The molecule has 0 unspecified atom stereocenters. The van der Waals surface area contributed by atoms with Crippen molar-refractivity contribution in [3.8, 4) is 16.5 Å². The Morgan fingerprint density at radius 2 is 2.03 bits per heavy atom. The molecule has 3 heterocycles. The van der Waals surface area contributed by atoms with Crippen LogP contribution in [0.15, 0.2) is 59.0 Å². The van der Waals surface area contributed by atoms with Gasteiger partial charge in [0.25, 0.3) is 5.91 Å². The first-order valence-electron chi connectivity index (χ1n) is 10.9. The van der Waals surface area contributed by atoms with Gasteiger partial charge in [0, 0.05) is 25.7 Å². The van der Waals surface area contributed by atoms with Gasteiger partial charge in [-0.15, -0.1) is 11.3 Å². The van der Waals surface area contributed by atoms with Crippen molar-refractivity contribution in [2.24, 2.45) is 0 Å². The number of nitrogens with one attached hydrogen (secondary N) is 1. The highest BCUT2D eigenvalue weighted by Crippen LogP contribution is 2.31. The lowest BCUT2D eigenvalue weighted by molar-refractivity contribution is 0.0882. The molecule has 1 aliphatic heterocycles. The van der Waals surface area contributed by atoms with Crippen LogP contribution in [0.4, 0.5) is 4.39 Å². The third-order valence-electron chi connectivity index (χ3n) is 5.88. The second-order valence-electron chi connectivity index (χ2n) is 8.14. The Morgan fingerprint density at radius 3 is 2.79 bits per heavy atom. The summed E-state index contributed by atoms with van der Waals surface area (Å²) in [6.07, 6.45) is 1.66. The monoisotopic (exact) mass is 465 g/mol. The number of nitrogens with zero attached hydrogens (tertiary/aromatic N) is 2. The molecule has 2 aromatic heterocycles. The Morgan fingerprint density at radius 1 is 1.21 bits per heavy atom. The molecule has 0 atom stereocenters. The molecule has 1 aliphatic rings. The van der Waals surface area contributed by atoms with Gasteiger partial charge in [0.15, 0.2) is 28.1 Å². The summed E-state index contributed by atoms with van der Waals surface area (Å²) in [4.78, 5) is 19.6. The molecule has 1 N–H and O–H groups in total. The molecule has 0 aliphatic carbocycles. The van der Waals surface area contributed by atoms with Gasteiger partial charge >= 0.3 is 0 Å². The molecule has 2 aromatic carbocycles. The normalized spacial score (nSPS) is 15.1. The average Bonchev–Trinajstić information content (AvgIpc) is 3.48. The topological polar surface area (TPSA) is 67.6 Å². The van der Waals surface area contributed by atoms with E-state index in [4.69, 9.17) is 9.15 Å². The highest BCUT2D eigenvalue weighted by atomic mass is 32.1. The minimum atomic E-state index is -0.346. The number of thiazole rings is 1. The quantitative estimate of drug-likeness (QED) is 0.429. The molecule has 1 saturated heterocycles. The second-order valence-corrected chi connectivity index (χ2v) is 9.17. The molecule has 4 aromatic rings. The highest BCUT2D eigenvalue weighted by Gasteiger charge is 2.23. The number of rotatable bonds is 6. The van der Waals surface area contributed by atoms with Crippen LogP contribution < -0.4 is 10.1 Å². The summed E-state index contributed by atoms with van der Waals surface area (Å²) in [5.74, 6) is 0.589. The van der Waals surface area contributed by atoms with Gasteiger partial charge in [-0.1, -0.05) is 18.2 Å². The molecule has 5 rings (SSSR count). The number of para-hydroxylation sites is 1. The number of piperidine rings is 1. The summed E-state index contributed by atoms with van der Waals surface area (Å²) >= 11 is 1.54. The molecular formula is C25H24FN3O3S. The van der Waals surface area contributed by atoms with Crippen LogP contribution in [0, 0.1) is 5.82 Å². The fourth-order valence-electron chi connectivity index (χ4n) is 4.11. The first-order valence-corrected chi connectivity index (χ1v) is 11.7. The molecule has 170 valence electrons. The number of aromatic nitrogens is 1. The predicted octanol–water partition coefficient (Wildman–Crippen LogP) is 5.10. The molecule has 33 heavy (non-hydrogen) atoms. The summed E-state index contributed by atoms with van der Waals surface area (Å²) in [7, 11) is 1.46. The first kappa shape index (κ1) is 21.6. The van der Waals surface area contributed by atoms with Crippen LogP contribution >= 0.6 is 11.3 Å². The zero-order valence-electron chi connectivity index (χ0n) is 18.2. The van der Waals surface area contributed by atoms with Crippen LogP contribution in [-0.2, 0) is 6.54 Å². The largest absolute Gasteiger partial charge is 0.494 e. The number of hydrogen-bond acceptors (Lipinski definition) is 6. The number of fused-ring (bicyclic) bond motifs is 1. The lowest BCUT2D eigenvalue weighted by Gasteiger charge is -2.32. The van der Waals surface area contributed by atoms with Crippen molar-refractivity contribution in [1.29, 1.82) is 0 Å². The maximum Gasteiger partial charge on any atom is 0.287 e. The number of carbonyl (C=O) groups is 1. The third kappa shape index (κ3) is 4.77. The number of halogens is 1. The summed E-state index contributed by atoms with van der Waals surface area (Å²) in [5, 5.41) is 3.84. The molecule has 8 heteroatoms. The number of hydrogen-bond donors (Lipinski definition) is 1. The summed E-state index contributed by atoms with van der Waals surface area (Å²) < 4.78 is 25.8. The molecule has 6 nitrogen and oxygen atoms in total. The Labute approximate surface area is 195 Å². The van der Waals surface area contributed by atoms with Crippen molar-refractivity contribution in [1.82, 2.24) is 15.2 Å². The lowest BCUT2D eigenvalue weighted by Crippen LogP contribution is -2.44. The molecule has 0 saturated carbocycles. The summed E-state index contributed by atoms with van der Waals surface area (Å²) in [6.45, 7) is 2.33. The Balaban J connectivity index is 1.15. The minimum absolute atomic E-state index is 0.0809. The number of methoxy groups -OCH3 is 1. The van der Waals surface area contributed by atoms with Gasteiger partial charge in [-0.3, -0.25) is 9.69 Å². The Kier molecular flexibility index (Phi) is 6.11. The van der Waals surface area contributed by atoms with Crippen molar-refractivity contribution >= 4 is 27.5 Å². The fourth-order valence-corrected chi connectivity index (χ4v) is 5.04. The van der Waals surface area contributed by atoms with Gasteiger partial charge in [0.05, 0.1) is 17.3 Å². The lowest BCUT2D eigenvalue weighted by atomic mass is 10.0. The van der Waals surface area contributed by atoms with E-state index in [1.807, 2.05) is 30.3 Å². The standard InChI is InChI=1S/C25H24FN3O3S/c1-31-20-7-6-16(14-18(20)26)15-29-12-10-17(11-13-29)27-24(30)21-8-9-22(32-21)25-28-19-4-2-3-5-23(19)33-25/h2-9,14,17H,10-13,15H2,1H3,(H,27,30). The number of carbonyl (C=O) groups excluding carboxylic acids is 1. The van der Waals surface area contributed by atoms with Gasteiger partial charge in [0.1, 0.15) is 0 Å². The van der Waals surface area contributed by atoms with Crippen LogP contribution in [0.3, 0.4) is 0 Å². The van der Waals surface area contributed by atoms with E-state index in [-0.39, 0.29) is 23.5 Å². The van der Waals surface area contributed by atoms with Crippen molar-refractivity contribution in [3.63, 3.8) is 0 Å². The van der Waals surface area contributed by atoms with E-state index >= 15 is 0 Å². The van der Waals surface area contributed by atoms with E-state index in [0.717, 1.165) is 46.7 Å². The molecule has 0 spiro atoms. The van der Waals surface area contributed by atoms with Crippen LogP contribution in [0.25, 0.3) is 21.0 Å². The van der Waals surface area contributed by atoms with Crippen LogP contribution in [-0.4, -0.2) is 42.0 Å². The van der Waals surface area contributed by atoms with Gasteiger partial charge in [-0.05, 0) is 54.8 Å². The van der Waals surface area contributed by atoms with Crippen LogP contribution in [0.2, 0.25) is 0 Å². The fraction of sp³-hybridized carbons (Fsp3) is 0.280. The van der Waals surface area contributed by atoms with Crippen LogP contribution in [0.1, 0.15) is 29.0 Å². The van der Waals surface area contributed by atoms with E-state index in [2.05, 4.69) is 15.2 Å². The maximum atomic E-state index is 13.9. The molecule has 1 amide bonds. The maximum absolute atomic E-state index is 13.9. The Bertz CT molecular complexity index is 1240. The third-order valence-corrected chi connectivity index (χ3v) is 6.93. The van der Waals surface area contributed by atoms with E-state index < -0.39 is 0 Å². The average molecular weight is 466 g/mol. The molecule has 0 bridgehead atoms. The molecular weight excluding hydrogens is 441 g/mol. The smallest absolute Gasteiger partial charge is 0.287 e. The van der Waals surface area contributed by atoms with Gasteiger partial charge < -0.3 is 14.5 Å².